The molecule has 2 N–H and O–H groups in total. The molecule has 3 rings (SSSR count). The predicted octanol–water partition coefficient (Wildman–Crippen LogP) is 0.383. The van der Waals surface area contributed by atoms with Crippen LogP contribution in [0.25, 0.3) is 0 Å². The van der Waals surface area contributed by atoms with Crippen LogP contribution in [0.1, 0.15) is 0 Å². The number of anilines is 1. The standard InChI is InChI=1S/C10H12N4O2/c11-10-7-4-13(5-8(7)10)9-2-1-6(3-12-9)14(15)16/h1-3,7-8,10H,4-5,11H2. The predicted molar refractivity (Wildman–Crippen MR) is 58.1 cm³/mol. The van der Waals surface area contributed by atoms with E-state index in [0.29, 0.717) is 17.9 Å². The van der Waals surface area contributed by atoms with E-state index in [9.17, 15) is 10.1 Å². The molecule has 1 saturated heterocycles. The van der Waals surface area contributed by atoms with Crippen molar-refractivity contribution in [1.29, 1.82) is 0 Å². The number of hydrogen-bond donors (Lipinski definition) is 1. The van der Waals surface area contributed by atoms with Crippen LogP contribution in [0.5, 0.6) is 0 Å². The number of pyridine rings is 1. The van der Waals surface area contributed by atoms with E-state index in [2.05, 4.69) is 9.88 Å². The summed E-state index contributed by atoms with van der Waals surface area (Å²) in [5.74, 6) is 2.00. The van der Waals surface area contributed by atoms with E-state index in [1.165, 1.54) is 12.3 Å². The molecule has 6 heteroatoms. The topological polar surface area (TPSA) is 85.3 Å². The fourth-order valence-electron chi connectivity index (χ4n) is 2.43. The molecule has 0 bridgehead atoms. The Morgan fingerprint density at radius 3 is 2.62 bits per heavy atom. The highest BCUT2D eigenvalue weighted by Crippen LogP contribution is 2.44. The number of rotatable bonds is 2. The second-order valence-electron chi connectivity index (χ2n) is 4.44. The van der Waals surface area contributed by atoms with Crippen molar-refractivity contribution >= 4 is 11.5 Å². The molecule has 2 fully saturated rings. The Bertz CT molecular complexity index is 421. The Hall–Kier alpha value is -1.69. The van der Waals surface area contributed by atoms with Gasteiger partial charge in [-0.25, -0.2) is 4.98 Å². The average molecular weight is 220 g/mol. The van der Waals surface area contributed by atoms with Crippen molar-refractivity contribution in [3.05, 3.63) is 28.4 Å². The number of nitrogens with two attached hydrogens (primary N) is 1. The second-order valence-corrected chi connectivity index (χ2v) is 4.44. The Morgan fingerprint density at radius 2 is 2.12 bits per heavy atom. The van der Waals surface area contributed by atoms with Gasteiger partial charge in [0, 0.05) is 25.2 Å². The Kier molecular flexibility index (Phi) is 1.88. The number of fused-ring (bicyclic) bond motifs is 1. The van der Waals surface area contributed by atoms with Crippen LogP contribution < -0.4 is 10.6 Å². The van der Waals surface area contributed by atoms with E-state index in [1.807, 2.05) is 0 Å². The number of hydrogen-bond acceptors (Lipinski definition) is 5. The Morgan fingerprint density at radius 1 is 1.44 bits per heavy atom. The molecule has 1 saturated carbocycles. The molecule has 1 aliphatic carbocycles. The van der Waals surface area contributed by atoms with E-state index in [1.54, 1.807) is 6.07 Å². The van der Waals surface area contributed by atoms with Crippen molar-refractivity contribution < 1.29 is 4.92 Å². The normalized spacial score (nSPS) is 31.3. The van der Waals surface area contributed by atoms with Gasteiger partial charge in [0.15, 0.2) is 0 Å². The maximum Gasteiger partial charge on any atom is 0.287 e. The minimum Gasteiger partial charge on any atom is -0.356 e. The van der Waals surface area contributed by atoms with Crippen molar-refractivity contribution in [3.8, 4) is 0 Å². The minimum absolute atomic E-state index is 0.0322. The number of piperidine rings is 1. The fourth-order valence-corrected chi connectivity index (χ4v) is 2.43. The first kappa shape index (κ1) is 9.53. The van der Waals surface area contributed by atoms with Gasteiger partial charge in [-0.3, -0.25) is 10.1 Å². The van der Waals surface area contributed by atoms with Crippen LogP contribution in [0.2, 0.25) is 0 Å². The summed E-state index contributed by atoms with van der Waals surface area (Å²) in [6.45, 7) is 1.85. The SMILES string of the molecule is NC1C2CN(c3ccc([N+](=O)[O-])cn3)CC12. The summed E-state index contributed by atoms with van der Waals surface area (Å²) in [6.07, 6.45) is 1.30. The van der Waals surface area contributed by atoms with Crippen LogP contribution in [0, 0.1) is 22.0 Å². The number of nitrogens with zero attached hydrogens (tertiary/aromatic N) is 3. The molecule has 84 valence electrons. The Labute approximate surface area is 92.2 Å². The summed E-state index contributed by atoms with van der Waals surface area (Å²) in [4.78, 5) is 16.3. The summed E-state index contributed by atoms with van der Waals surface area (Å²) in [5, 5.41) is 10.5. The molecule has 0 aromatic carbocycles. The zero-order chi connectivity index (χ0) is 11.3. The number of aromatic nitrogens is 1. The van der Waals surface area contributed by atoms with Gasteiger partial charge in [0.2, 0.25) is 0 Å². The summed E-state index contributed by atoms with van der Waals surface area (Å²) >= 11 is 0. The largest absolute Gasteiger partial charge is 0.356 e. The second kappa shape index (κ2) is 3.15. The molecule has 1 aliphatic heterocycles. The molecular weight excluding hydrogens is 208 g/mol. The molecule has 2 aliphatic rings. The quantitative estimate of drug-likeness (QED) is 0.575. The summed E-state index contributed by atoms with van der Waals surface area (Å²) in [5.41, 5.74) is 5.87. The van der Waals surface area contributed by atoms with Gasteiger partial charge in [0.25, 0.3) is 5.69 Å². The third-order valence-electron chi connectivity index (χ3n) is 3.53. The van der Waals surface area contributed by atoms with Crippen LogP contribution in [0.3, 0.4) is 0 Å². The fraction of sp³-hybridized carbons (Fsp3) is 0.500. The maximum absolute atomic E-state index is 10.5. The van der Waals surface area contributed by atoms with Crippen molar-refractivity contribution in [2.45, 2.75) is 6.04 Å². The van der Waals surface area contributed by atoms with Crippen LogP contribution in [-0.2, 0) is 0 Å². The summed E-state index contributed by atoms with van der Waals surface area (Å²) < 4.78 is 0. The van der Waals surface area contributed by atoms with E-state index >= 15 is 0 Å². The molecule has 2 unspecified atom stereocenters. The monoisotopic (exact) mass is 220 g/mol. The van der Waals surface area contributed by atoms with Gasteiger partial charge in [-0.2, -0.15) is 0 Å². The van der Waals surface area contributed by atoms with E-state index in [4.69, 9.17) is 5.73 Å². The zero-order valence-electron chi connectivity index (χ0n) is 8.61. The van der Waals surface area contributed by atoms with Gasteiger partial charge < -0.3 is 10.6 Å². The van der Waals surface area contributed by atoms with Gasteiger partial charge in [0.1, 0.15) is 12.0 Å². The average Bonchev–Trinajstić information content (AvgIpc) is 2.75. The Balaban J connectivity index is 1.74. The lowest BCUT2D eigenvalue weighted by Crippen LogP contribution is -2.28. The van der Waals surface area contributed by atoms with Crippen LogP contribution in [0.4, 0.5) is 11.5 Å². The van der Waals surface area contributed by atoms with Crippen molar-refractivity contribution in [1.82, 2.24) is 4.98 Å². The highest BCUT2D eigenvalue weighted by molar-refractivity contribution is 5.45. The van der Waals surface area contributed by atoms with Crippen molar-refractivity contribution in [2.75, 3.05) is 18.0 Å². The lowest BCUT2D eigenvalue weighted by atomic mass is 10.3. The van der Waals surface area contributed by atoms with E-state index in [0.717, 1.165) is 18.9 Å². The first-order valence-corrected chi connectivity index (χ1v) is 5.28. The third kappa shape index (κ3) is 1.34. The van der Waals surface area contributed by atoms with Crippen molar-refractivity contribution in [3.63, 3.8) is 0 Å². The van der Waals surface area contributed by atoms with Crippen LogP contribution >= 0.6 is 0 Å². The first-order chi connectivity index (χ1) is 7.66. The summed E-state index contributed by atoms with van der Waals surface area (Å²) in [7, 11) is 0. The number of nitro groups is 1. The van der Waals surface area contributed by atoms with Gasteiger partial charge in [-0.15, -0.1) is 0 Å². The highest BCUT2D eigenvalue weighted by Gasteiger charge is 2.53. The van der Waals surface area contributed by atoms with Crippen LogP contribution in [-0.4, -0.2) is 29.0 Å². The van der Waals surface area contributed by atoms with E-state index in [-0.39, 0.29) is 5.69 Å². The molecule has 6 nitrogen and oxygen atoms in total. The van der Waals surface area contributed by atoms with E-state index < -0.39 is 4.92 Å². The lowest BCUT2D eigenvalue weighted by molar-refractivity contribution is -0.385. The molecular formula is C10H12N4O2. The van der Waals surface area contributed by atoms with Crippen molar-refractivity contribution in [2.24, 2.45) is 17.6 Å². The zero-order valence-corrected chi connectivity index (χ0v) is 8.61. The lowest BCUT2D eigenvalue weighted by Gasteiger charge is -2.19. The minimum atomic E-state index is -0.436. The third-order valence-corrected chi connectivity index (χ3v) is 3.53. The molecule has 2 heterocycles. The van der Waals surface area contributed by atoms with Gasteiger partial charge in [-0.05, 0) is 17.9 Å². The molecule has 0 radical (unpaired) electrons. The smallest absolute Gasteiger partial charge is 0.287 e. The molecule has 1 aromatic rings. The molecule has 1 aromatic heterocycles. The molecule has 16 heavy (non-hydrogen) atoms. The molecule has 2 atom stereocenters. The van der Waals surface area contributed by atoms with Gasteiger partial charge in [0.05, 0.1) is 4.92 Å². The van der Waals surface area contributed by atoms with Gasteiger partial charge in [-0.1, -0.05) is 0 Å². The van der Waals surface area contributed by atoms with Crippen LogP contribution in [0.15, 0.2) is 18.3 Å². The van der Waals surface area contributed by atoms with Gasteiger partial charge >= 0.3 is 0 Å². The maximum atomic E-state index is 10.5. The highest BCUT2D eigenvalue weighted by atomic mass is 16.6. The molecule has 0 spiro atoms. The summed E-state index contributed by atoms with van der Waals surface area (Å²) in [6, 6.07) is 3.55. The molecule has 0 amide bonds. The first-order valence-electron chi connectivity index (χ1n) is 5.28.